The number of fused-ring (bicyclic) bond motifs is 16. The van der Waals surface area contributed by atoms with Crippen LogP contribution in [0.5, 0.6) is 0 Å². The van der Waals surface area contributed by atoms with E-state index in [1.807, 2.05) is 0 Å². The highest BCUT2D eigenvalue weighted by Gasteiger charge is 2.51. The van der Waals surface area contributed by atoms with Crippen molar-refractivity contribution in [2.75, 3.05) is 4.90 Å². The van der Waals surface area contributed by atoms with Gasteiger partial charge in [-0.1, -0.05) is 208 Å². The standard InChI is InChI=1S/C64H43NO/c1-63(2)52-29-10-6-25-50(52)61-47(26-18-33-57(61)63)44-22-7-14-34-58(44)65(59-35-15-8-23-45(59)48-27-17-28-49-46-24-9-16-36-60(46)66-62(48)49)40-37-38-56-51(39-40)43-21-5-13-32-55(43)64(56)53-30-11-3-19-41(53)42-20-4-12-31-54(42)64/h3-39H,1-2H3. The van der Waals surface area contributed by atoms with Gasteiger partial charge in [-0.3, -0.25) is 0 Å². The number of anilines is 3. The average molecular weight is 842 g/mol. The molecule has 2 nitrogen and oxygen atoms in total. The third-order valence-corrected chi connectivity index (χ3v) is 15.1. The number of hydrogen-bond acceptors (Lipinski definition) is 2. The molecule has 3 aliphatic carbocycles. The largest absolute Gasteiger partial charge is 0.455 e. The zero-order chi connectivity index (χ0) is 43.7. The van der Waals surface area contributed by atoms with Crippen molar-refractivity contribution in [2.45, 2.75) is 24.7 Å². The van der Waals surface area contributed by atoms with Crippen LogP contribution in [0.2, 0.25) is 0 Å². The van der Waals surface area contributed by atoms with E-state index in [-0.39, 0.29) is 5.41 Å². The second kappa shape index (κ2) is 13.7. The molecule has 66 heavy (non-hydrogen) atoms. The molecule has 0 amide bonds. The Kier molecular flexibility index (Phi) is 7.70. The summed E-state index contributed by atoms with van der Waals surface area (Å²) in [5, 5.41) is 2.24. The minimum absolute atomic E-state index is 0.130. The van der Waals surface area contributed by atoms with Crippen LogP contribution in [0.3, 0.4) is 0 Å². The van der Waals surface area contributed by atoms with Crippen molar-refractivity contribution in [3.8, 4) is 55.6 Å². The lowest BCUT2D eigenvalue weighted by Crippen LogP contribution is -2.25. The Balaban J connectivity index is 1.06. The van der Waals surface area contributed by atoms with Crippen molar-refractivity contribution < 1.29 is 4.42 Å². The van der Waals surface area contributed by atoms with Gasteiger partial charge in [0.15, 0.2) is 0 Å². The summed E-state index contributed by atoms with van der Waals surface area (Å²) in [6, 6.07) is 83.2. The first-order chi connectivity index (χ1) is 32.5. The Labute approximate surface area is 384 Å². The smallest absolute Gasteiger partial charge is 0.143 e. The summed E-state index contributed by atoms with van der Waals surface area (Å²) < 4.78 is 6.77. The molecule has 14 rings (SSSR count). The van der Waals surface area contributed by atoms with Crippen molar-refractivity contribution in [3.05, 3.63) is 258 Å². The van der Waals surface area contributed by atoms with E-state index in [2.05, 4.69) is 243 Å². The van der Waals surface area contributed by atoms with Crippen LogP contribution in [0, 0.1) is 0 Å². The topological polar surface area (TPSA) is 16.4 Å². The van der Waals surface area contributed by atoms with E-state index in [0.717, 1.165) is 50.1 Å². The van der Waals surface area contributed by atoms with Crippen LogP contribution in [-0.4, -0.2) is 0 Å². The molecule has 3 aliphatic rings. The van der Waals surface area contributed by atoms with Crippen molar-refractivity contribution >= 4 is 39.0 Å². The van der Waals surface area contributed by atoms with Crippen LogP contribution in [0.1, 0.15) is 47.2 Å². The molecular weight excluding hydrogens is 799 g/mol. The van der Waals surface area contributed by atoms with Crippen LogP contribution in [0.15, 0.2) is 229 Å². The van der Waals surface area contributed by atoms with Crippen LogP contribution in [0.4, 0.5) is 17.1 Å². The van der Waals surface area contributed by atoms with Crippen LogP contribution < -0.4 is 4.90 Å². The normalized spacial score (nSPS) is 14.2. The van der Waals surface area contributed by atoms with E-state index < -0.39 is 5.41 Å². The SMILES string of the molecule is CC1(C)c2ccccc2-c2c(-c3ccccc3N(c3ccc4c(c3)-c3ccccc3C43c4ccccc4-c4ccccc43)c3ccccc3-c3cccc4c3oc3ccccc34)cccc21. The molecule has 0 saturated carbocycles. The number of nitrogens with zero attached hydrogens (tertiary/aromatic N) is 1. The summed E-state index contributed by atoms with van der Waals surface area (Å²) in [6.07, 6.45) is 0. The van der Waals surface area contributed by atoms with E-state index in [9.17, 15) is 0 Å². The van der Waals surface area contributed by atoms with Gasteiger partial charge in [-0.25, -0.2) is 0 Å². The summed E-state index contributed by atoms with van der Waals surface area (Å²) in [6.45, 7) is 4.73. The Morgan fingerprint density at radius 1 is 0.333 bits per heavy atom. The molecule has 2 heteroatoms. The molecule has 11 aromatic rings. The minimum atomic E-state index is -0.431. The number of rotatable bonds is 5. The molecule has 1 aromatic heterocycles. The first-order valence-corrected chi connectivity index (χ1v) is 23.1. The van der Waals surface area contributed by atoms with Crippen molar-refractivity contribution in [1.29, 1.82) is 0 Å². The number of benzene rings is 10. The summed E-state index contributed by atoms with van der Waals surface area (Å²) in [4.78, 5) is 2.52. The monoisotopic (exact) mass is 841 g/mol. The van der Waals surface area contributed by atoms with E-state index in [4.69, 9.17) is 4.42 Å². The van der Waals surface area contributed by atoms with Gasteiger partial charge >= 0.3 is 0 Å². The molecule has 10 aromatic carbocycles. The lowest BCUT2D eigenvalue weighted by atomic mass is 9.70. The molecule has 1 heterocycles. The Hall–Kier alpha value is -8.20. The lowest BCUT2D eigenvalue weighted by molar-refractivity contribution is 0.660. The fourth-order valence-corrected chi connectivity index (χ4v) is 12.4. The van der Waals surface area contributed by atoms with Crippen LogP contribution in [-0.2, 0) is 10.8 Å². The molecule has 0 saturated heterocycles. The zero-order valence-electron chi connectivity index (χ0n) is 36.7. The Bertz CT molecular complexity index is 3780. The molecule has 0 N–H and O–H groups in total. The minimum Gasteiger partial charge on any atom is -0.455 e. The number of furan rings is 1. The second-order valence-electron chi connectivity index (χ2n) is 18.7. The molecule has 1 spiro atoms. The maximum absolute atomic E-state index is 6.77. The van der Waals surface area contributed by atoms with Gasteiger partial charge in [0.2, 0.25) is 0 Å². The second-order valence-corrected chi connectivity index (χ2v) is 18.7. The molecule has 0 unspecified atom stereocenters. The van der Waals surface area contributed by atoms with Crippen molar-refractivity contribution in [1.82, 2.24) is 0 Å². The summed E-state index contributed by atoms with van der Waals surface area (Å²) in [5.41, 5.74) is 24.9. The van der Waals surface area contributed by atoms with E-state index in [0.29, 0.717) is 0 Å². The van der Waals surface area contributed by atoms with Crippen LogP contribution >= 0.6 is 0 Å². The van der Waals surface area contributed by atoms with Gasteiger partial charge in [0, 0.05) is 38.6 Å². The predicted molar refractivity (Wildman–Crippen MR) is 273 cm³/mol. The Morgan fingerprint density at radius 3 is 1.47 bits per heavy atom. The molecule has 0 atom stereocenters. The lowest BCUT2D eigenvalue weighted by Gasteiger charge is -2.32. The van der Waals surface area contributed by atoms with E-state index >= 15 is 0 Å². The van der Waals surface area contributed by atoms with E-state index in [1.165, 1.54) is 77.9 Å². The zero-order valence-corrected chi connectivity index (χ0v) is 36.7. The van der Waals surface area contributed by atoms with Gasteiger partial charge in [-0.2, -0.15) is 0 Å². The summed E-state index contributed by atoms with van der Waals surface area (Å²) >= 11 is 0. The quantitative estimate of drug-likeness (QED) is 0.172. The molecular formula is C64H43NO. The molecule has 0 bridgehead atoms. The van der Waals surface area contributed by atoms with Gasteiger partial charge in [-0.05, 0) is 103 Å². The van der Waals surface area contributed by atoms with Gasteiger partial charge in [0.1, 0.15) is 11.2 Å². The summed E-state index contributed by atoms with van der Waals surface area (Å²) in [7, 11) is 0. The van der Waals surface area contributed by atoms with Gasteiger partial charge in [0.25, 0.3) is 0 Å². The maximum atomic E-state index is 6.77. The van der Waals surface area contributed by atoms with Gasteiger partial charge in [-0.15, -0.1) is 0 Å². The fourth-order valence-electron chi connectivity index (χ4n) is 12.4. The van der Waals surface area contributed by atoms with Gasteiger partial charge < -0.3 is 9.32 Å². The first kappa shape index (κ1) is 37.2. The van der Waals surface area contributed by atoms with Gasteiger partial charge in [0.05, 0.1) is 16.8 Å². The molecule has 0 fully saturated rings. The molecule has 0 radical (unpaired) electrons. The first-order valence-electron chi connectivity index (χ1n) is 23.1. The maximum Gasteiger partial charge on any atom is 0.143 e. The average Bonchev–Trinajstić information content (AvgIpc) is 4.07. The summed E-state index contributed by atoms with van der Waals surface area (Å²) in [5.74, 6) is 0. The fraction of sp³-hybridized carbons (Fsp3) is 0.0625. The highest BCUT2D eigenvalue weighted by atomic mass is 16.3. The predicted octanol–water partition coefficient (Wildman–Crippen LogP) is 17.0. The number of hydrogen-bond donors (Lipinski definition) is 0. The highest BCUT2D eigenvalue weighted by Crippen LogP contribution is 2.64. The molecule has 310 valence electrons. The molecule has 0 aliphatic heterocycles. The van der Waals surface area contributed by atoms with Crippen molar-refractivity contribution in [3.63, 3.8) is 0 Å². The Morgan fingerprint density at radius 2 is 0.788 bits per heavy atom. The highest BCUT2D eigenvalue weighted by molar-refractivity contribution is 6.11. The van der Waals surface area contributed by atoms with Crippen molar-refractivity contribution in [2.24, 2.45) is 0 Å². The van der Waals surface area contributed by atoms with Crippen LogP contribution in [0.25, 0.3) is 77.6 Å². The third kappa shape index (κ3) is 4.85. The number of para-hydroxylation sites is 4. The third-order valence-electron chi connectivity index (χ3n) is 15.1. The van der Waals surface area contributed by atoms with E-state index in [1.54, 1.807) is 0 Å².